The molecule has 0 spiro atoms. The molecule has 0 saturated carbocycles. The van der Waals surface area contributed by atoms with Crippen molar-refractivity contribution in [1.29, 1.82) is 0 Å². The fraction of sp³-hybridized carbons (Fsp3) is 0.480. The Hall–Kier alpha value is -2.05. The molecule has 0 bridgehead atoms. The molecule has 3 atom stereocenters. The van der Waals surface area contributed by atoms with Crippen LogP contribution in [-0.2, 0) is 17.6 Å². The summed E-state index contributed by atoms with van der Waals surface area (Å²) in [4.78, 5) is 13.1. The van der Waals surface area contributed by atoms with Gasteiger partial charge in [-0.25, -0.2) is 0 Å². The Balaban J connectivity index is 2.04. The van der Waals surface area contributed by atoms with E-state index in [1.165, 1.54) is 5.56 Å². The highest BCUT2D eigenvalue weighted by atomic mass is 16.5. The summed E-state index contributed by atoms with van der Waals surface area (Å²) in [5, 5.41) is 22.4. The molecule has 0 radical (unpaired) electrons. The number of ketones is 1. The van der Waals surface area contributed by atoms with Crippen molar-refractivity contribution in [3.8, 4) is 0 Å². The number of rotatable bonds is 14. The maximum atomic E-state index is 13.1. The summed E-state index contributed by atoms with van der Waals surface area (Å²) in [5.74, 6) is -0.0784. The average molecular weight is 414 g/mol. The lowest BCUT2D eigenvalue weighted by Crippen LogP contribution is -2.38. The maximum absolute atomic E-state index is 13.1. The first-order chi connectivity index (χ1) is 14.5. The molecule has 30 heavy (non-hydrogen) atoms. The molecule has 0 aliphatic carbocycles. The number of hydrogen-bond donors (Lipinski definition) is 3. The lowest BCUT2D eigenvalue weighted by molar-refractivity contribution is -0.00247. The van der Waals surface area contributed by atoms with Crippen LogP contribution in [0, 0.1) is 0 Å². The molecule has 0 aromatic heterocycles. The zero-order valence-corrected chi connectivity index (χ0v) is 18.1. The predicted molar refractivity (Wildman–Crippen MR) is 120 cm³/mol. The minimum Gasteiger partial charge on any atom is -0.396 e. The largest absolute Gasteiger partial charge is 0.396 e. The molecule has 0 aliphatic rings. The monoisotopic (exact) mass is 413 g/mol. The SMILES string of the molecule is CCCc1cccc(CC(OCC(O)CNC(C)CCO)C(=O)c2ccccc2)c1. The lowest BCUT2D eigenvalue weighted by Gasteiger charge is -2.21. The van der Waals surface area contributed by atoms with Crippen LogP contribution in [0.15, 0.2) is 54.6 Å². The molecule has 5 heteroatoms. The van der Waals surface area contributed by atoms with Crippen molar-refractivity contribution in [2.24, 2.45) is 0 Å². The summed E-state index contributed by atoms with van der Waals surface area (Å²) in [7, 11) is 0. The van der Waals surface area contributed by atoms with Gasteiger partial charge in [-0.1, -0.05) is 67.9 Å². The minimum absolute atomic E-state index is 0.0662. The van der Waals surface area contributed by atoms with Gasteiger partial charge >= 0.3 is 0 Å². The quantitative estimate of drug-likeness (QED) is 0.415. The van der Waals surface area contributed by atoms with Crippen LogP contribution < -0.4 is 5.32 Å². The summed E-state index contributed by atoms with van der Waals surface area (Å²) in [6, 6.07) is 17.5. The molecule has 0 fully saturated rings. The average Bonchev–Trinajstić information content (AvgIpc) is 2.76. The van der Waals surface area contributed by atoms with Gasteiger partial charge in [-0.2, -0.15) is 0 Å². The van der Waals surface area contributed by atoms with Crippen molar-refractivity contribution in [1.82, 2.24) is 5.32 Å². The zero-order valence-electron chi connectivity index (χ0n) is 18.1. The van der Waals surface area contributed by atoms with Gasteiger partial charge in [0, 0.05) is 31.2 Å². The van der Waals surface area contributed by atoms with Gasteiger partial charge in [-0.3, -0.25) is 4.79 Å². The molecule has 2 aromatic rings. The van der Waals surface area contributed by atoms with Gasteiger partial charge in [0.15, 0.2) is 5.78 Å². The molecule has 0 heterocycles. The first-order valence-corrected chi connectivity index (χ1v) is 10.8. The summed E-state index contributed by atoms with van der Waals surface area (Å²) in [6.45, 7) is 4.62. The van der Waals surface area contributed by atoms with Crippen molar-refractivity contribution in [2.45, 2.75) is 57.8 Å². The Kier molecular flexibility index (Phi) is 10.7. The van der Waals surface area contributed by atoms with E-state index in [0.717, 1.165) is 18.4 Å². The smallest absolute Gasteiger partial charge is 0.191 e. The van der Waals surface area contributed by atoms with Crippen molar-refractivity contribution >= 4 is 5.78 Å². The molecule has 0 aliphatic heterocycles. The minimum atomic E-state index is -0.733. The van der Waals surface area contributed by atoms with Crippen LogP contribution in [0.4, 0.5) is 0 Å². The second-order valence-electron chi connectivity index (χ2n) is 7.80. The van der Waals surface area contributed by atoms with E-state index in [0.29, 0.717) is 24.9 Å². The number of aliphatic hydroxyl groups is 2. The third-order valence-corrected chi connectivity index (χ3v) is 5.06. The molecule has 0 saturated heterocycles. The number of carbonyl (C=O) groups excluding carboxylic acids is 1. The Labute approximate surface area is 180 Å². The predicted octanol–water partition coefficient (Wildman–Crippen LogP) is 3.17. The number of carbonyl (C=O) groups is 1. The lowest BCUT2D eigenvalue weighted by atomic mass is 9.98. The second-order valence-corrected chi connectivity index (χ2v) is 7.80. The Morgan fingerprint density at radius 3 is 2.53 bits per heavy atom. The maximum Gasteiger partial charge on any atom is 0.191 e. The van der Waals surface area contributed by atoms with Gasteiger partial charge in [0.05, 0.1) is 12.7 Å². The normalized spacial score (nSPS) is 14.3. The molecule has 2 aromatic carbocycles. The van der Waals surface area contributed by atoms with Crippen LogP contribution in [0.5, 0.6) is 0 Å². The van der Waals surface area contributed by atoms with E-state index in [1.54, 1.807) is 12.1 Å². The van der Waals surface area contributed by atoms with E-state index < -0.39 is 12.2 Å². The number of aryl methyl sites for hydroxylation is 1. The third-order valence-electron chi connectivity index (χ3n) is 5.06. The zero-order chi connectivity index (χ0) is 21.8. The first-order valence-electron chi connectivity index (χ1n) is 10.8. The molecular formula is C25H35NO4. The Morgan fingerprint density at radius 2 is 1.83 bits per heavy atom. The fourth-order valence-corrected chi connectivity index (χ4v) is 3.35. The molecule has 164 valence electrons. The van der Waals surface area contributed by atoms with Gasteiger partial charge < -0.3 is 20.3 Å². The van der Waals surface area contributed by atoms with Gasteiger partial charge in [0.1, 0.15) is 6.10 Å². The van der Waals surface area contributed by atoms with E-state index >= 15 is 0 Å². The van der Waals surface area contributed by atoms with Crippen LogP contribution in [0.1, 0.15) is 48.2 Å². The van der Waals surface area contributed by atoms with Crippen LogP contribution in [0.3, 0.4) is 0 Å². The third kappa shape index (κ3) is 8.36. The number of aliphatic hydroxyl groups excluding tert-OH is 2. The van der Waals surface area contributed by atoms with Crippen molar-refractivity contribution in [3.63, 3.8) is 0 Å². The van der Waals surface area contributed by atoms with Crippen molar-refractivity contribution in [3.05, 3.63) is 71.3 Å². The fourth-order valence-electron chi connectivity index (χ4n) is 3.35. The summed E-state index contributed by atoms with van der Waals surface area (Å²) in [5.41, 5.74) is 2.92. The van der Waals surface area contributed by atoms with Crippen molar-refractivity contribution in [2.75, 3.05) is 19.8 Å². The second kappa shape index (κ2) is 13.3. The van der Waals surface area contributed by atoms with E-state index in [-0.39, 0.29) is 25.0 Å². The summed E-state index contributed by atoms with van der Waals surface area (Å²) < 4.78 is 5.93. The van der Waals surface area contributed by atoms with Crippen LogP contribution in [-0.4, -0.2) is 54.0 Å². The highest BCUT2D eigenvalue weighted by Gasteiger charge is 2.23. The van der Waals surface area contributed by atoms with Gasteiger partial charge in [0.25, 0.3) is 0 Å². The molecule has 5 nitrogen and oxygen atoms in total. The molecule has 3 N–H and O–H groups in total. The number of ether oxygens (including phenoxy) is 1. The Morgan fingerprint density at radius 1 is 1.10 bits per heavy atom. The number of benzene rings is 2. The van der Waals surface area contributed by atoms with Crippen LogP contribution in [0.25, 0.3) is 0 Å². The number of nitrogens with one attached hydrogen (secondary N) is 1. The standard InChI is InChI=1S/C25H35NO4/c1-3-8-20-9-7-10-21(15-20)16-24(25(29)22-11-5-4-6-12-22)30-18-23(28)17-26-19(2)13-14-27/h4-7,9-12,15,19,23-24,26-28H,3,8,13-14,16-18H2,1-2H3. The van der Waals surface area contributed by atoms with Gasteiger partial charge in [0.2, 0.25) is 0 Å². The van der Waals surface area contributed by atoms with Crippen molar-refractivity contribution < 1.29 is 19.7 Å². The molecule has 2 rings (SSSR count). The Bertz CT molecular complexity index is 750. The number of hydrogen-bond acceptors (Lipinski definition) is 5. The van der Waals surface area contributed by atoms with Crippen LogP contribution >= 0.6 is 0 Å². The topological polar surface area (TPSA) is 78.8 Å². The van der Waals surface area contributed by atoms with Crippen LogP contribution in [0.2, 0.25) is 0 Å². The van der Waals surface area contributed by atoms with Gasteiger partial charge in [-0.05, 0) is 30.9 Å². The van der Waals surface area contributed by atoms with Gasteiger partial charge in [-0.15, -0.1) is 0 Å². The van der Waals surface area contributed by atoms with E-state index in [9.17, 15) is 9.90 Å². The molecule has 0 amide bonds. The summed E-state index contributed by atoms with van der Waals surface area (Å²) in [6.07, 6.45) is 1.77. The van der Waals surface area contributed by atoms with E-state index in [1.807, 2.05) is 37.3 Å². The molecule has 3 unspecified atom stereocenters. The number of Topliss-reactive ketones (excluding diaryl/α,β-unsaturated/α-hetero) is 1. The van der Waals surface area contributed by atoms with E-state index in [4.69, 9.17) is 9.84 Å². The highest BCUT2D eigenvalue weighted by Crippen LogP contribution is 2.15. The first kappa shape index (κ1) is 24.2. The summed E-state index contributed by atoms with van der Waals surface area (Å²) >= 11 is 0. The van der Waals surface area contributed by atoms with E-state index in [2.05, 4.69) is 24.4 Å². The molecular weight excluding hydrogens is 378 g/mol. The highest BCUT2D eigenvalue weighted by molar-refractivity contribution is 5.99.